The van der Waals surface area contributed by atoms with Crippen molar-refractivity contribution in [2.75, 3.05) is 0 Å². The lowest BCUT2D eigenvalue weighted by molar-refractivity contribution is 0.231. The van der Waals surface area contributed by atoms with E-state index in [4.69, 9.17) is 0 Å². The van der Waals surface area contributed by atoms with E-state index in [1.807, 2.05) is 0 Å². The van der Waals surface area contributed by atoms with E-state index in [1.165, 1.54) is 12.8 Å². The van der Waals surface area contributed by atoms with Gasteiger partial charge in [0.2, 0.25) is 0 Å². The van der Waals surface area contributed by atoms with E-state index >= 15 is 0 Å². The molecule has 0 aromatic rings. The highest BCUT2D eigenvalue weighted by molar-refractivity contribution is 14.1. The molecule has 0 radical (unpaired) electrons. The molecule has 2 bridgehead atoms. The molecule has 0 aromatic heterocycles. The minimum atomic E-state index is 0.675. The van der Waals surface area contributed by atoms with E-state index in [-0.39, 0.29) is 0 Å². The van der Waals surface area contributed by atoms with Gasteiger partial charge in [0.05, 0.1) is 0 Å². The van der Waals surface area contributed by atoms with Gasteiger partial charge < -0.3 is 0 Å². The van der Waals surface area contributed by atoms with Gasteiger partial charge in [-0.1, -0.05) is 35.9 Å². The van der Waals surface area contributed by atoms with E-state index in [9.17, 15) is 0 Å². The second-order valence-corrected chi connectivity index (χ2v) is 7.81. The zero-order chi connectivity index (χ0) is 8.34. The van der Waals surface area contributed by atoms with Crippen LogP contribution in [0.5, 0.6) is 0 Å². The molecule has 3 rings (SSSR count). The van der Waals surface area contributed by atoms with Crippen LogP contribution in [0.1, 0.15) is 39.0 Å². The first-order valence-corrected chi connectivity index (χ1v) is 6.45. The molecule has 0 aliphatic heterocycles. The van der Waals surface area contributed by atoms with Gasteiger partial charge in [-0.2, -0.15) is 0 Å². The standard InChI is InChI=1S/C11H17I/c1-11(12)6-7-5-10(11)9-4-2-3-8(7)9/h7-10H,2-6H2,1H3/t7?,8?,9?,10-,11?/m0/s1. The van der Waals surface area contributed by atoms with Crippen LogP contribution < -0.4 is 0 Å². The van der Waals surface area contributed by atoms with Crippen LogP contribution in [0.2, 0.25) is 0 Å². The van der Waals surface area contributed by atoms with Crippen molar-refractivity contribution in [2.45, 2.75) is 42.4 Å². The number of hydrogen-bond donors (Lipinski definition) is 0. The second-order valence-electron chi connectivity index (χ2n) is 5.34. The van der Waals surface area contributed by atoms with Gasteiger partial charge in [-0.05, 0) is 49.4 Å². The highest BCUT2D eigenvalue weighted by Crippen LogP contribution is 2.64. The molecule has 0 amide bonds. The molecule has 0 N–H and O–H groups in total. The first-order valence-electron chi connectivity index (χ1n) is 5.37. The van der Waals surface area contributed by atoms with Crippen molar-refractivity contribution >= 4 is 22.6 Å². The molecule has 0 saturated heterocycles. The smallest absolute Gasteiger partial charge is 0.0228 e. The predicted molar refractivity (Wildman–Crippen MR) is 59.5 cm³/mol. The molecule has 3 aliphatic rings. The number of rotatable bonds is 0. The van der Waals surface area contributed by atoms with E-state index in [1.54, 1.807) is 19.3 Å². The summed E-state index contributed by atoms with van der Waals surface area (Å²) in [7, 11) is 0. The molecule has 4 unspecified atom stereocenters. The van der Waals surface area contributed by atoms with Gasteiger partial charge in [0.1, 0.15) is 0 Å². The maximum atomic E-state index is 2.73. The largest absolute Gasteiger partial charge is 0.0788 e. The Hall–Kier alpha value is 0.730. The maximum Gasteiger partial charge on any atom is 0.0228 e. The Morgan fingerprint density at radius 3 is 2.83 bits per heavy atom. The third-order valence-corrected chi connectivity index (χ3v) is 5.98. The summed E-state index contributed by atoms with van der Waals surface area (Å²) in [6.45, 7) is 2.49. The van der Waals surface area contributed by atoms with Crippen molar-refractivity contribution in [3.8, 4) is 0 Å². The molecule has 0 nitrogen and oxygen atoms in total. The molecular weight excluding hydrogens is 259 g/mol. The molecule has 3 aliphatic carbocycles. The van der Waals surface area contributed by atoms with E-state index in [2.05, 4.69) is 29.5 Å². The fourth-order valence-corrected chi connectivity index (χ4v) is 5.65. The summed E-state index contributed by atoms with van der Waals surface area (Å²) >= 11 is 2.73. The van der Waals surface area contributed by atoms with Crippen molar-refractivity contribution in [1.82, 2.24) is 0 Å². The van der Waals surface area contributed by atoms with Gasteiger partial charge in [-0.15, -0.1) is 0 Å². The van der Waals surface area contributed by atoms with Gasteiger partial charge in [-0.25, -0.2) is 0 Å². The topological polar surface area (TPSA) is 0 Å². The normalized spacial score (nSPS) is 62.5. The summed E-state index contributed by atoms with van der Waals surface area (Å²) in [5.41, 5.74) is 0. The fourth-order valence-electron chi connectivity index (χ4n) is 4.37. The predicted octanol–water partition coefficient (Wildman–Crippen LogP) is 3.64. The number of alkyl halides is 1. The zero-order valence-electron chi connectivity index (χ0n) is 7.72. The Balaban J connectivity index is 1.93. The van der Waals surface area contributed by atoms with Crippen molar-refractivity contribution in [3.63, 3.8) is 0 Å². The average molecular weight is 276 g/mol. The van der Waals surface area contributed by atoms with Crippen molar-refractivity contribution in [1.29, 1.82) is 0 Å². The molecule has 0 heterocycles. The summed E-state index contributed by atoms with van der Waals surface area (Å²) in [5.74, 6) is 4.53. The van der Waals surface area contributed by atoms with Crippen molar-refractivity contribution < 1.29 is 0 Å². The van der Waals surface area contributed by atoms with Crippen molar-refractivity contribution in [2.24, 2.45) is 23.7 Å². The van der Waals surface area contributed by atoms with Crippen LogP contribution in [-0.2, 0) is 0 Å². The van der Waals surface area contributed by atoms with Crippen LogP contribution in [0.4, 0.5) is 0 Å². The summed E-state index contributed by atoms with van der Waals surface area (Å²) in [5, 5.41) is 0. The van der Waals surface area contributed by atoms with Gasteiger partial charge in [-0.3, -0.25) is 0 Å². The van der Waals surface area contributed by atoms with Crippen LogP contribution in [-0.4, -0.2) is 3.42 Å². The monoisotopic (exact) mass is 276 g/mol. The van der Waals surface area contributed by atoms with Crippen LogP contribution in [0.25, 0.3) is 0 Å². The minimum Gasteiger partial charge on any atom is -0.0788 e. The van der Waals surface area contributed by atoms with Crippen LogP contribution in [0, 0.1) is 23.7 Å². The number of hydrogen-bond acceptors (Lipinski definition) is 0. The lowest BCUT2D eigenvalue weighted by Crippen LogP contribution is -2.33. The lowest BCUT2D eigenvalue weighted by atomic mass is 9.76. The zero-order valence-corrected chi connectivity index (χ0v) is 9.88. The molecule has 3 saturated carbocycles. The number of halogens is 1. The van der Waals surface area contributed by atoms with Crippen LogP contribution in [0.15, 0.2) is 0 Å². The molecule has 0 aromatic carbocycles. The Labute approximate surface area is 88.6 Å². The first-order chi connectivity index (χ1) is 5.68. The summed E-state index contributed by atoms with van der Waals surface area (Å²) < 4.78 is 0.675. The lowest BCUT2D eigenvalue weighted by Gasteiger charge is -2.36. The summed E-state index contributed by atoms with van der Waals surface area (Å²) in [6, 6.07) is 0. The molecule has 12 heavy (non-hydrogen) atoms. The van der Waals surface area contributed by atoms with Crippen molar-refractivity contribution in [3.05, 3.63) is 0 Å². The average Bonchev–Trinajstić information content (AvgIpc) is 2.53. The Kier molecular flexibility index (Phi) is 1.61. The Morgan fingerprint density at radius 2 is 2.00 bits per heavy atom. The van der Waals surface area contributed by atoms with E-state index in [0.717, 1.165) is 23.7 Å². The first kappa shape index (κ1) is 8.07. The minimum absolute atomic E-state index is 0.675. The van der Waals surface area contributed by atoms with Gasteiger partial charge in [0, 0.05) is 3.42 Å². The molecule has 1 heteroatoms. The van der Waals surface area contributed by atoms with Gasteiger partial charge in [0.15, 0.2) is 0 Å². The van der Waals surface area contributed by atoms with E-state index in [0.29, 0.717) is 3.42 Å². The highest BCUT2D eigenvalue weighted by Gasteiger charge is 2.57. The molecule has 0 spiro atoms. The van der Waals surface area contributed by atoms with Gasteiger partial charge >= 0.3 is 0 Å². The molecule has 5 atom stereocenters. The number of fused-ring (bicyclic) bond motifs is 5. The SMILES string of the molecule is CC1(I)CC2C[C@H]1C1CCCC21. The maximum absolute atomic E-state index is 2.73. The third kappa shape index (κ3) is 0.893. The van der Waals surface area contributed by atoms with Gasteiger partial charge in [0.25, 0.3) is 0 Å². The quantitative estimate of drug-likeness (QED) is 0.468. The van der Waals surface area contributed by atoms with E-state index < -0.39 is 0 Å². The fraction of sp³-hybridized carbons (Fsp3) is 1.00. The summed E-state index contributed by atoms with van der Waals surface area (Å²) in [6.07, 6.45) is 7.77. The molecule has 68 valence electrons. The highest BCUT2D eigenvalue weighted by atomic mass is 127. The summed E-state index contributed by atoms with van der Waals surface area (Å²) in [4.78, 5) is 0. The third-order valence-electron chi connectivity index (χ3n) is 4.74. The van der Waals surface area contributed by atoms with Crippen LogP contribution in [0.3, 0.4) is 0 Å². The Bertz CT molecular complexity index is 209. The molecule has 3 fully saturated rings. The van der Waals surface area contributed by atoms with Crippen LogP contribution >= 0.6 is 22.6 Å². The Morgan fingerprint density at radius 1 is 1.25 bits per heavy atom. The second kappa shape index (κ2) is 2.40. The molecular formula is C11H17I.